The van der Waals surface area contributed by atoms with Gasteiger partial charge in [-0.25, -0.2) is 4.79 Å². The van der Waals surface area contributed by atoms with E-state index in [1.54, 1.807) is 25.3 Å². The molecule has 1 aromatic heterocycles. The predicted molar refractivity (Wildman–Crippen MR) is 55.6 cm³/mol. The van der Waals surface area contributed by atoms with Gasteiger partial charge in [0.05, 0.1) is 20.3 Å². The maximum absolute atomic E-state index is 11.2. The van der Waals surface area contributed by atoms with E-state index in [0.717, 1.165) is 0 Å². The van der Waals surface area contributed by atoms with Gasteiger partial charge in [-0.1, -0.05) is 6.07 Å². The first-order valence-electron chi connectivity index (χ1n) is 4.41. The van der Waals surface area contributed by atoms with Crippen LogP contribution in [0.5, 0.6) is 11.5 Å². The highest BCUT2D eigenvalue weighted by Gasteiger charge is 2.10. The summed E-state index contributed by atoms with van der Waals surface area (Å²) < 4.78 is 15.3. The normalized spacial score (nSPS) is 10.3. The summed E-state index contributed by atoms with van der Waals surface area (Å²) in [7, 11) is 3.06. The van der Waals surface area contributed by atoms with Crippen LogP contribution in [0.3, 0.4) is 0 Å². The molecule has 2 rings (SSSR count). The van der Waals surface area contributed by atoms with E-state index >= 15 is 0 Å². The Kier molecular flexibility index (Phi) is 2.33. The van der Waals surface area contributed by atoms with Crippen molar-refractivity contribution < 1.29 is 13.9 Å². The van der Waals surface area contributed by atoms with Crippen LogP contribution >= 0.6 is 0 Å². The molecule has 0 fully saturated rings. The molecule has 1 aromatic carbocycles. The Balaban J connectivity index is 2.90. The van der Waals surface area contributed by atoms with Crippen LogP contribution in [0.1, 0.15) is 0 Å². The molecule has 4 heteroatoms. The molecule has 0 radical (unpaired) electrons. The Morgan fingerprint density at radius 2 is 1.87 bits per heavy atom. The second-order valence-corrected chi connectivity index (χ2v) is 2.97. The first-order chi connectivity index (χ1) is 7.26. The molecule has 1 heterocycles. The van der Waals surface area contributed by atoms with Crippen molar-refractivity contribution in [1.82, 2.24) is 0 Å². The first kappa shape index (κ1) is 9.58. The van der Waals surface area contributed by atoms with E-state index in [2.05, 4.69) is 0 Å². The lowest BCUT2D eigenvalue weighted by molar-refractivity contribution is 0.399. The fraction of sp³-hybridized carbons (Fsp3) is 0.182. The summed E-state index contributed by atoms with van der Waals surface area (Å²) in [5, 5.41) is 0.669. The van der Waals surface area contributed by atoms with Crippen molar-refractivity contribution >= 4 is 11.0 Å². The van der Waals surface area contributed by atoms with Crippen LogP contribution < -0.4 is 15.1 Å². The van der Waals surface area contributed by atoms with Crippen molar-refractivity contribution in [3.8, 4) is 11.5 Å². The Bertz CT molecular complexity index is 542. The quantitative estimate of drug-likeness (QED) is 0.703. The van der Waals surface area contributed by atoms with E-state index in [1.807, 2.05) is 0 Å². The Labute approximate surface area is 86.0 Å². The van der Waals surface area contributed by atoms with Crippen LogP contribution in [-0.2, 0) is 0 Å². The smallest absolute Gasteiger partial charge is 0.339 e. The summed E-state index contributed by atoms with van der Waals surface area (Å²) in [5.74, 6) is 1.08. The van der Waals surface area contributed by atoms with Crippen LogP contribution in [-0.4, -0.2) is 14.2 Å². The number of methoxy groups -OCH3 is 2. The van der Waals surface area contributed by atoms with Crippen molar-refractivity contribution in [2.75, 3.05) is 14.2 Å². The highest BCUT2D eigenvalue weighted by molar-refractivity contribution is 5.89. The lowest BCUT2D eigenvalue weighted by atomic mass is 10.2. The lowest BCUT2D eigenvalue weighted by Crippen LogP contribution is -1.99. The summed E-state index contributed by atoms with van der Waals surface area (Å²) >= 11 is 0. The number of rotatable bonds is 2. The van der Waals surface area contributed by atoms with Crippen LogP contribution in [0.2, 0.25) is 0 Å². The Morgan fingerprint density at radius 3 is 2.53 bits per heavy atom. The van der Waals surface area contributed by atoms with Gasteiger partial charge < -0.3 is 13.9 Å². The first-order valence-corrected chi connectivity index (χ1v) is 4.41. The van der Waals surface area contributed by atoms with Gasteiger partial charge in [-0.15, -0.1) is 0 Å². The van der Waals surface area contributed by atoms with Crippen molar-refractivity contribution in [3.05, 3.63) is 34.7 Å². The summed E-state index contributed by atoms with van der Waals surface area (Å²) in [6.07, 6.45) is 0. The van der Waals surface area contributed by atoms with Crippen LogP contribution in [0.25, 0.3) is 11.0 Å². The molecule has 0 aliphatic carbocycles. The molecular weight excluding hydrogens is 196 g/mol. The fourth-order valence-corrected chi connectivity index (χ4v) is 1.49. The highest BCUT2D eigenvalue weighted by Crippen LogP contribution is 2.32. The monoisotopic (exact) mass is 206 g/mol. The van der Waals surface area contributed by atoms with Gasteiger partial charge in [-0.2, -0.15) is 0 Å². The van der Waals surface area contributed by atoms with Gasteiger partial charge >= 0.3 is 5.63 Å². The number of fused-ring (bicyclic) bond motifs is 1. The molecular formula is C11H10O4. The zero-order valence-corrected chi connectivity index (χ0v) is 8.44. The van der Waals surface area contributed by atoms with Crippen LogP contribution in [0.15, 0.2) is 33.5 Å². The highest BCUT2D eigenvalue weighted by atomic mass is 16.5. The molecule has 78 valence electrons. The van der Waals surface area contributed by atoms with Gasteiger partial charge in [0.25, 0.3) is 0 Å². The second-order valence-electron chi connectivity index (χ2n) is 2.97. The molecule has 0 aliphatic heterocycles. The van der Waals surface area contributed by atoms with Crippen LogP contribution in [0.4, 0.5) is 0 Å². The largest absolute Gasteiger partial charge is 0.496 e. The van der Waals surface area contributed by atoms with Crippen molar-refractivity contribution in [2.24, 2.45) is 0 Å². The fourth-order valence-electron chi connectivity index (χ4n) is 1.49. The van der Waals surface area contributed by atoms with Crippen molar-refractivity contribution in [1.29, 1.82) is 0 Å². The zero-order valence-electron chi connectivity index (χ0n) is 8.44. The Morgan fingerprint density at radius 1 is 1.13 bits per heavy atom. The minimum atomic E-state index is -0.437. The molecule has 0 saturated heterocycles. The standard InChI is InChI=1S/C11H10O4/c1-13-7-4-3-5-8-11(7)9(14-2)6-10(12)15-8/h3-6H,1-2H3. The lowest BCUT2D eigenvalue weighted by Gasteiger charge is -2.07. The van der Waals surface area contributed by atoms with Crippen molar-refractivity contribution in [2.45, 2.75) is 0 Å². The van der Waals surface area contributed by atoms with E-state index in [4.69, 9.17) is 13.9 Å². The van der Waals surface area contributed by atoms with E-state index < -0.39 is 5.63 Å². The molecule has 4 nitrogen and oxygen atoms in total. The van der Waals surface area contributed by atoms with E-state index in [1.165, 1.54) is 13.2 Å². The molecule has 0 N–H and O–H groups in total. The molecule has 0 spiro atoms. The zero-order chi connectivity index (χ0) is 10.8. The third-order valence-corrected chi connectivity index (χ3v) is 2.13. The molecule has 0 saturated carbocycles. The molecule has 0 aliphatic rings. The van der Waals surface area contributed by atoms with Gasteiger partial charge in [0.15, 0.2) is 0 Å². The van der Waals surface area contributed by atoms with Crippen LogP contribution in [0, 0.1) is 0 Å². The summed E-state index contributed by atoms with van der Waals surface area (Å²) in [6, 6.07) is 6.53. The van der Waals surface area contributed by atoms with Gasteiger partial charge in [0, 0.05) is 0 Å². The maximum atomic E-state index is 11.2. The average molecular weight is 206 g/mol. The van der Waals surface area contributed by atoms with Crippen molar-refractivity contribution in [3.63, 3.8) is 0 Å². The average Bonchev–Trinajstić information content (AvgIpc) is 2.26. The summed E-state index contributed by atoms with van der Waals surface area (Å²) in [6.45, 7) is 0. The Hall–Kier alpha value is -1.97. The molecule has 0 amide bonds. The third-order valence-electron chi connectivity index (χ3n) is 2.13. The molecule has 15 heavy (non-hydrogen) atoms. The van der Waals surface area contributed by atoms with Gasteiger partial charge in [-0.3, -0.25) is 0 Å². The SMILES string of the molecule is COc1cccc2oc(=O)cc(OC)c12. The predicted octanol–water partition coefficient (Wildman–Crippen LogP) is 1.81. The number of hydrogen-bond acceptors (Lipinski definition) is 4. The minimum Gasteiger partial charge on any atom is -0.496 e. The molecule has 2 aromatic rings. The van der Waals surface area contributed by atoms with E-state index in [9.17, 15) is 4.79 Å². The van der Waals surface area contributed by atoms with Gasteiger partial charge in [0.1, 0.15) is 22.5 Å². The second kappa shape index (κ2) is 3.65. The minimum absolute atomic E-state index is 0.437. The number of hydrogen-bond donors (Lipinski definition) is 0. The molecule has 0 atom stereocenters. The van der Waals surface area contributed by atoms with E-state index in [0.29, 0.717) is 22.5 Å². The molecule has 0 unspecified atom stereocenters. The summed E-state index contributed by atoms with van der Waals surface area (Å²) in [4.78, 5) is 11.2. The third kappa shape index (κ3) is 1.54. The summed E-state index contributed by atoms with van der Waals surface area (Å²) in [5.41, 5.74) is 0.0197. The van der Waals surface area contributed by atoms with Gasteiger partial charge in [-0.05, 0) is 12.1 Å². The number of ether oxygens (including phenoxy) is 2. The maximum Gasteiger partial charge on any atom is 0.339 e. The topological polar surface area (TPSA) is 48.7 Å². The van der Waals surface area contributed by atoms with E-state index in [-0.39, 0.29) is 0 Å². The molecule has 0 bridgehead atoms. The van der Waals surface area contributed by atoms with Gasteiger partial charge in [0.2, 0.25) is 0 Å². The number of benzene rings is 1.